The molecule has 3 rings (SSSR count). The lowest BCUT2D eigenvalue weighted by molar-refractivity contribution is 0.411. The molecule has 1 aliphatic rings. The molecule has 4 nitrogen and oxygen atoms in total. The van der Waals surface area contributed by atoms with Crippen LogP contribution in [0.1, 0.15) is 6.42 Å². The standard InChI is InChI=1S/C14H17N3O/c1-16-9-8-12(10-16)15-17-13-5-3-2-4-11(13)6-7-14(17)18/h2-7,12,15H,8-10H2,1H3/t12-/m0/s1. The molecule has 0 amide bonds. The smallest absolute Gasteiger partial charge is 0.269 e. The van der Waals surface area contributed by atoms with Gasteiger partial charge in [-0.15, -0.1) is 0 Å². The first kappa shape index (κ1) is 11.3. The molecule has 1 aromatic heterocycles. The fourth-order valence-corrected chi connectivity index (χ4v) is 2.54. The lowest BCUT2D eigenvalue weighted by atomic mass is 10.2. The van der Waals surface area contributed by atoms with Crippen LogP contribution in [0.5, 0.6) is 0 Å². The van der Waals surface area contributed by atoms with E-state index in [4.69, 9.17) is 0 Å². The van der Waals surface area contributed by atoms with Crippen molar-refractivity contribution in [2.24, 2.45) is 0 Å². The highest BCUT2D eigenvalue weighted by Gasteiger charge is 2.19. The molecular formula is C14H17N3O. The van der Waals surface area contributed by atoms with Gasteiger partial charge in [0.1, 0.15) is 0 Å². The summed E-state index contributed by atoms with van der Waals surface area (Å²) in [6.07, 6.45) is 1.08. The Labute approximate surface area is 106 Å². The third-order valence-electron chi connectivity index (χ3n) is 3.51. The quantitative estimate of drug-likeness (QED) is 0.862. The minimum Gasteiger partial charge on any atom is -0.318 e. The van der Waals surface area contributed by atoms with Gasteiger partial charge in [0, 0.05) is 18.0 Å². The van der Waals surface area contributed by atoms with Gasteiger partial charge >= 0.3 is 0 Å². The molecular weight excluding hydrogens is 226 g/mol. The van der Waals surface area contributed by atoms with Crippen LogP contribution in [0.4, 0.5) is 0 Å². The van der Waals surface area contributed by atoms with Crippen LogP contribution >= 0.6 is 0 Å². The van der Waals surface area contributed by atoms with Crippen molar-refractivity contribution >= 4 is 10.9 Å². The summed E-state index contributed by atoms with van der Waals surface area (Å²) in [5.41, 5.74) is 4.29. The zero-order valence-electron chi connectivity index (χ0n) is 10.5. The maximum atomic E-state index is 12.0. The SMILES string of the molecule is CN1CC[C@H](Nn2c(=O)ccc3ccccc32)C1. The number of benzene rings is 1. The molecule has 1 fully saturated rings. The van der Waals surface area contributed by atoms with Gasteiger partial charge in [0.2, 0.25) is 0 Å². The van der Waals surface area contributed by atoms with E-state index in [1.54, 1.807) is 10.7 Å². The van der Waals surface area contributed by atoms with Crippen LogP contribution in [-0.4, -0.2) is 35.8 Å². The van der Waals surface area contributed by atoms with E-state index >= 15 is 0 Å². The number of nitrogens with one attached hydrogen (secondary N) is 1. The molecule has 0 saturated carbocycles. The fraction of sp³-hybridized carbons (Fsp3) is 0.357. The van der Waals surface area contributed by atoms with Crippen LogP contribution in [0, 0.1) is 0 Å². The summed E-state index contributed by atoms with van der Waals surface area (Å²) in [6.45, 7) is 2.06. The highest BCUT2D eigenvalue weighted by Crippen LogP contribution is 2.12. The van der Waals surface area contributed by atoms with E-state index in [-0.39, 0.29) is 5.56 Å². The maximum Gasteiger partial charge on any atom is 0.269 e. The van der Waals surface area contributed by atoms with Crippen molar-refractivity contribution in [2.75, 3.05) is 25.6 Å². The number of hydrogen-bond donors (Lipinski definition) is 1. The van der Waals surface area contributed by atoms with Crippen molar-refractivity contribution in [2.45, 2.75) is 12.5 Å². The van der Waals surface area contributed by atoms with E-state index in [2.05, 4.69) is 17.4 Å². The molecule has 1 atom stereocenters. The number of hydrogen-bond acceptors (Lipinski definition) is 3. The molecule has 1 saturated heterocycles. The second-order valence-corrected chi connectivity index (χ2v) is 4.94. The molecule has 0 radical (unpaired) electrons. The molecule has 18 heavy (non-hydrogen) atoms. The summed E-state index contributed by atoms with van der Waals surface area (Å²) in [5, 5.41) is 1.08. The summed E-state index contributed by atoms with van der Waals surface area (Å²) in [5.74, 6) is 0. The van der Waals surface area contributed by atoms with Crippen LogP contribution < -0.4 is 11.0 Å². The van der Waals surface area contributed by atoms with Crippen LogP contribution in [0.15, 0.2) is 41.2 Å². The van der Waals surface area contributed by atoms with Crippen LogP contribution in [0.25, 0.3) is 10.9 Å². The Hall–Kier alpha value is -1.81. The number of aromatic nitrogens is 1. The largest absolute Gasteiger partial charge is 0.318 e. The van der Waals surface area contributed by atoms with Crippen molar-refractivity contribution < 1.29 is 0 Å². The molecule has 2 aromatic rings. The lowest BCUT2D eigenvalue weighted by Crippen LogP contribution is -2.37. The van der Waals surface area contributed by atoms with Gasteiger partial charge in [-0.2, -0.15) is 0 Å². The third-order valence-corrected chi connectivity index (χ3v) is 3.51. The summed E-state index contributed by atoms with van der Waals surface area (Å²) in [6, 6.07) is 11.8. The number of fused-ring (bicyclic) bond motifs is 1. The molecule has 94 valence electrons. The van der Waals surface area contributed by atoms with E-state index in [0.29, 0.717) is 6.04 Å². The topological polar surface area (TPSA) is 37.3 Å². The molecule has 0 aliphatic carbocycles. The van der Waals surface area contributed by atoms with Gasteiger partial charge < -0.3 is 10.3 Å². The van der Waals surface area contributed by atoms with Crippen molar-refractivity contribution in [3.05, 3.63) is 46.8 Å². The maximum absolute atomic E-state index is 12.0. The first-order chi connectivity index (χ1) is 8.74. The van der Waals surface area contributed by atoms with Gasteiger partial charge in [0.05, 0.1) is 11.6 Å². The van der Waals surface area contributed by atoms with Crippen LogP contribution in [-0.2, 0) is 0 Å². The van der Waals surface area contributed by atoms with E-state index in [1.807, 2.05) is 30.3 Å². The molecule has 0 spiro atoms. The predicted molar refractivity (Wildman–Crippen MR) is 73.5 cm³/mol. The van der Waals surface area contributed by atoms with Gasteiger partial charge in [0.15, 0.2) is 0 Å². The van der Waals surface area contributed by atoms with Gasteiger partial charge in [0.25, 0.3) is 5.56 Å². The summed E-state index contributed by atoms with van der Waals surface area (Å²) in [4.78, 5) is 14.3. The first-order valence-corrected chi connectivity index (χ1v) is 6.30. The highest BCUT2D eigenvalue weighted by atomic mass is 16.1. The first-order valence-electron chi connectivity index (χ1n) is 6.30. The predicted octanol–water partition coefficient (Wildman–Crippen LogP) is 1.25. The second kappa shape index (κ2) is 4.46. The number of likely N-dealkylation sites (N-methyl/N-ethyl adjacent to an activating group) is 1. The highest BCUT2D eigenvalue weighted by molar-refractivity contribution is 5.78. The zero-order valence-corrected chi connectivity index (χ0v) is 10.5. The fourth-order valence-electron chi connectivity index (χ4n) is 2.54. The van der Waals surface area contributed by atoms with Gasteiger partial charge in [-0.25, -0.2) is 4.68 Å². The van der Waals surface area contributed by atoms with Gasteiger partial charge in [-0.05, 0) is 32.1 Å². The molecule has 0 bridgehead atoms. The molecule has 1 N–H and O–H groups in total. The normalized spacial score (nSPS) is 20.4. The Kier molecular flexibility index (Phi) is 2.80. The minimum atomic E-state index is 0.00301. The number of likely N-dealkylation sites (tertiary alicyclic amines) is 1. The van der Waals surface area contributed by atoms with Gasteiger partial charge in [-0.3, -0.25) is 4.79 Å². The van der Waals surface area contributed by atoms with E-state index in [9.17, 15) is 4.79 Å². The van der Waals surface area contributed by atoms with E-state index in [0.717, 1.165) is 30.4 Å². The molecule has 1 aromatic carbocycles. The summed E-state index contributed by atoms with van der Waals surface area (Å²) < 4.78 is 1.68. The Bertz CT molecular complexity index is 620. The Morgan fingerprint density at radius 3 is 2.83 bits per heavy atom. The zero-order chi connectivity index (χ0) is 12.5. The van der Waals surface area contributed by atoms with E-state index in [1.165, 1.54) is 0 Å². The van der Waals surface area contributed by atoms with Crippen molar-refractivity contribution in [1.29, 1.82) is 0 Å². The monoisotopic (exact) mass is 243 g/mol. The minimum absolute atomic E-state index is 0.00301. The molecule has 4 heteroatoms. The number of para-hydroxylation sites is 1. The number of pyridine rings is 1. The van der Waals surface area contributed by atoms with Crippen molar-refractivity contribution in [3.8, 4) is 0 Å². The number of rotatable bonds is 2. The number of nitrogens with zero attached hydrogens (tertiary/aromatic N) is 2. The van der Waals surface area contributed by atoms with Gasteiger partial charge in [-0.1, -0.05) is 18.2 Å². The van der Waals surface area contributed by atoms with E-state index < -0.39 is 0 Å². The second-order valence-electron chi connectivity index (χ2n) is 4.94. The van der Waals surface area contributed by atoms with Crippen LogP contribution in [0.2, 0.25) is 0 Å². The Morgan fingerprint density at radius 1 is 1.22 bits per heavy atom. The average Bonchev–Trinajstić information content (AvgIpc) is 2.79. The molecule has 1 aliphatic heterocycles. The average molecular weight is 243 g/mol. The van der Waals surface area contributed by atoms with Crippen molar-refractivity contribution in [1.82, 2.24) is 9.58 Å². The van der Waals surface area contributed by atoms with Crippen molar-refractivity contribution in [3.63, 3.8) is 0 Å². The molecule has 0 unspecified atom stereocenters. The third kappa shape index (κ3) is 1.99. The Morgan fingerprint density at radius 2 is 2.06 bits per heavy atom. The summed E-state index contributed by atoms with van der Waals surface area (Å²) >= 11 is 0. The Balaban J connectivity index is 2.00. The summed E-state index contributed by atoms with van der Waals surface area (Å²) in [7, 11) is 2.10. The lowest BCUT2D eigenvalue weighted by Gasteiger charge is -2.18. The van der Waals surface area contributed by atoms with Crippen LogP contribution in [0.3, 0.4) is 0 Å². The molecule has 2 heterocycles.